The number of aliphatic hydroxyl groups excluding tert-OH is 1. The van der Waals surface area contributed by atoms with Gasteiger partial charge in [0.25, 0.3) is 0 Å². The molecule has 17 heavy (non-hydrogen) atoms. The fraction of sp³-hybridized carbons (Fsp3) is 0.0667. The highest BCUT2D eigenvalue weighted by atomic mass is 16.3. The van der Waals surface area contributed by atoms with Crippen LogP contribution in [0.1, 0.15) is 5.56 Å². The molecule has 0 saturated heterocycles. The highest BCUT2D eigenvalue weighted by Crippen LogP contribution is 2.20. The van der Waals surface area contributed by atoms with E-state index in [-0.39, 0.29) is 6.61 Å². The highest BCUT2D eigenvalue weighted by Gasteiger charge is 2.02. The predicted octanol–water partition coefficient (Wildman–Crippen LogP) is 2.92. The van der Waals surface area contributed by atoms with Crippen LogP contribution in [0.2, 0.25) is 0 Å². The molecule has 2 heteroatoms. The van der Waals surface area contributed by atoms with Gasteiger partial charge in [0.2, 0.25) is 0 Å². The van der Waals surface area contributed by atoms with Crippen molar-refractivity contribution in [2.75, 3.05) is 0 Å². The number of hydrogen-bond acceptors (Lipinski definition) is 1. The van der Waals surface area contributed by atoms with Crippen LogP contribution in [-0.2, 0) is 6.61 Å². The van der Waals surface area contributed by atoms with Crippen LogP contribution < -0.4 is 0 Å². The Morgan fingerprint density at radius 1 is 1.18 bits per heavy atom. The number of benzene rings is 2. The van der Waals surface area contributed by atoms with Crippen LogP contribution in [0, 0.1) is 6.07 Å². The third kappa shape index (κ3) is 1.73. The SMILES string of the molecule is OCc1cccc(-n2ccc3c[c]ccc32)c1. The molecule has 2 aromatic carbocycles. The summed E-state index contributed by atoms with van der Waals surface area (Å²) >= 11 is 0. The molecule has 1 N–H and O–H groups in total. The molecule has 0 spiro atoms. The Labute approximate surface area is 99.7 Å². The van der Waals surface area contributed by atoms with Gasteiger partial charge < -0.3 is 9.67 Å². The molecule has 0 aliphatic heterocycles. The first-order valence-corrected chi connectivity index (χ1v) is 5.56. The van der Waals surface area contributed by atoms with Gasteiger partial charge in [-0.1, -0.05) is 18.2 Å². The first kappa shape index (κ1) is 10.1. The Morgan fingerprint density at radius 3 is 3.00 bits per heavy atom. The Hall–Kier alpha value is -2.06. The first-order valence-electron chi connectivity index (χ1n) is 5.56. The van der Waals surface area contributed by atoms with Crippen molar-refractivity contribution in [3.8, 4) is 5.69 Å². The van der Waals surface area contributed by atoms with Crippen molar-refractivity contribution in [1.29, 1.82) is 0 Å². The molecule has 0 aliphatic rings. The molecule has 1 heterocycles. The number of fused-ring (bicyclic) bond motifs is 1. The largest absolute Gasteiger partial charge is 0.392 e. The molecule has 0 atom stereocenters. The van der Waals surface area contributed by atoms with Crippen molar-refractivity contribution in [3.05, 3.63) is 66.4 Å². The van der Waals surface area contributed by atoms with Crippen LogP contribution in [-0.4, -0.2) is 9.67 Å². The molecule has 3 aromatic rings. The van der Waals surface area contributed by atoms with Gasteiger partial charge in [-0.2, -0.15) is 0 Å². The fourth-order valence-electron chi connectivity index (χ4n) is 2.05. The molecule has 0 unspecified atom stereocenters. The summed E-state index contributed by atoms with van der Waals surface area (Å²) in [4.78, 5) is 0. The lowest BCUT2D eigenvalue weighted by atomic mass is 10.2. The maximum Gasteiger partial charge on any atom is 0.0682 e. The Kier molecular flexibility index (Phi) is 2.42. The van der Waals surface area contributed by atoms with Crippen molar-refractivity contribution in [1.82, 2.24) is 4.57 Å². The van der Waals surface area contributed by atoms with Crippen LogP contribution in [0.25, 0.3) is 16.6 Å². The zero-order chi connectivity index (χ0) is 11.7. The van der Waals surface area contributed by atoms with Gasteiger partial charge >= 0.3 is 0 Å². The molecular weight excluding hydrogens is 210 g/mol. The maximum absolute atomic E-state index is 9.16. The normalized spacial score (nSPS) is 10.9. The minimum Gasteiger partial charge on any atom is -0.392 e. The molecule has 2 nitrogen and oxygen atoms in total. The number of hydrogen-bond donors (Lipinski definition) is 1. The molecule has 3 rings (SSSR count). The van der Waals surface area contributed by atoms with Crippen LogP contribution in [0.3, 0.4) is 0 Å². The topological polar surface area (TPSA) is 25.2 Å². The number of rotatable bonds is 2. The fourth-order valence-corrected chi connectivity index (χ4v) is 2.05. The van der Waals surface area contributed by atoms with Gasteiger partial charge in [-0.15, -0.1) is 0 Å². The van der Waals surface area contributed by atoms with Crippen molar-refractivity contribution in [2.45, 2.75) is 6.61 Å². The van der Waals surface area contributed by atoms with Crippen LogP contribution >= 0.6 is 0 Å². The summed E-state index contributed by atoms with van der Waals surface area (Å²) in [7, 11) is 0. The minimum atomic E-state index is 0.0703. The van der Waals surface area contributed by atoms with Gasteiger partial charge in [-0.05, 0) is 42.0 Å². The van der Waals surface area contributed by atoms with E-state index in [1.807, 2.05) is 48.7 Å². The van der Waals surface area contributed by atoms with E-state index in [2.05, 4.69) is 16.7 Å². The molecule has 0 amide bonds. The Bertz CT molecular complexity index is 655. The van der Waals surface area contributed by atoms with Gasteiger partial charge in [0.05, 0.1) is 12.1 Å². The lowest BCUT2D eigenvalue weighted by Crippen LogP contribution is -1.93. The molecule has 0 fully saturated rings. The monoisotopic (exact) mass is 222 g/mol. The second-order valence-electron chi connectivity index (χ2n) is 4.00. The van der Waals surface area contributed by atoms with Crippen molar-refractivity contribution in [2.24, 2.45) is 0 Å². The summed E-state index contributed by atoms with van der Waals surface area (Å²) in [6.07, 6.45) is 2.04. The van der Waals surface area contributed by atoms with E-state index >= 15 is 0 Å². The van der Waals surface area contributed by atoms with E-state index < -0.39 is 0 Å². The van der Waals surface area contributed by atoms with Gasteiger partial charge in [-0.3, -0.25) is 0 Å². The van der Waals surface area contributed by atoms with Gasteiger partial charge in [0, 0.05) is 17.3 Å². The molecule has 1 radical (unpaired) electrons. The van der Waals surface area contributed by atoms with E-state index in [4.69, 9.17) is 5.11 Å². The maximum atomic E-state index is 9.16. The highest BCUT2D eigenvalue weighted by molar-refractivity contribution is 5.81. The molecule has 0 bridgehead atoms. The van der Waals surface area contributed by atoms with Gasteiger partial charge in [-0.25, -0.2) is 0 Å². The first-order chi connectivity index (χ1) is 8.38. The van der Waals surface area contributed by atoms with Crippen LogP contribution in [0.15, 0.2) is 54.7 Å². The van der Waals surface area contributed by atoms with Crippen LogP contribution in [0.5, 0.6) is 0 Å². The van der Waals surface area contributed by atoms with E-state index in [9.17, 15) is 0 Å². The van der Waals surface area contributed by atoms with Gasteiger partial charge in [0.1, 0.15) is 0 Å². The lowest BCUT2D eigenvalue weighted by molar-refractivity contribution is 0.282. The quantitative estimate of drug-likeness (QED) is 0.708. The third-order valence-corrected chi connectivity index (χ3v) is 2.91. The van der Waals surface area contributed by atoms with E-state index in [1.165, 1.54) is 5.39 Å². The van der Waals surface area contributed by atoms with E-state index in [0.29, 0.717) is 0 Å². The zero-order valence-corrected chi connectivity index (χ0v) is 9.30. The second-order valence-corrected chi connectivity index (χ2v) is 4.00. The average molecular weight is 222 g/mol. The van der Waals surface area contributed by atoms with Crippen molar-refractivity contribution in [3.63, 3.8) is 0 Å². The van der Waals surface area contributed by atoms with E-state index in [1.54, 1.807) is 0 Å². The van der Waals surface area contributed by atoms with Crippen molar-refractivity contribution >= 4 is 10.9 Å². The smallest absolute Gasteiger partial charge is 0.0682 e. The molecule has 0 aliphatic carbocycles. The summed E-state index contributed by atoms with van der Waals surface area (Å²) in [5.41, 5.74) is 3.14. The molecule has 0 saturated carbocycles. The predicted molar refractivity (Wildman–Crippen MR) is 68.0 cm³/mol. The average Bonchev–Trinajstić information content (AvgIpc) is 2.82. The zero-order valence-electron chi connectivity index (χ0n) is 9.30. The summed E-state index contributed by atoms with van der Waals surface area (Å²) in [5.74, 6) is 0. The van der Waals surface area contributed by atoms with Gasteiger partial charge in [0.15, 0.2) is 0 Å². The summed E-state index contributed by atoms with van der Waals surface area (Å²) < 4.78 is 2.11. The van der Waals surface area contributed by atoms with E-state index in [0.717, 1.165) is 16.8 Å². The number of aliphatic hydroxyl groups is 1. The Morgan fingerprint density at radius 2 is 2.12 bits per heavy atom. The molecule has 83 valence electrons. The molecular formula is C15H12NO. The second kappa shape index (κ2) is 4.07. The van der Waals surface area contributed by atoms with Crippen molar-refractivity contribution < 1.29 is 5.11 Å². The number of aromatic nitrogens is 1. The lowest BCUT2D eigenvalue weighted by Gasteiger charge is -2.06. The minimum absolute atomic E-state index is 0.0703. The molecule has 1 aromatic heterocycles. The Balaban J connectivity index is 2.20. The summed E-state index contributed by atoms with van der Waals surface area (Å²) in [6.45, 7) is 0.0703. The van der Waals surface area contributed by atoms with Crippen LogP contribution in [0.4, 0.5) is 0 Å². The number of nitrogens with zero attached hydrogens (tertiary/aromatic N) is 1. The standard InChI is InChI=1S/C15H12NO/c17-11-12-4-3-6-14(10-12)16-9-8-13-5-1-2-7-15(13)16/h2-10,17H,11H2. The summed E-state index contributed by atoms with van der Waals surface area (Å²) in [6, 6.07) is 19.0. The summed E-state index contributed by atoms with van der Waals surface area (Å²) in [5, 5.41) is 10.3. The third-order valence-electron chi connectivity index (χ3n) is 2.91.